The highest BCUT2D eigenvalue weighted by molar-refractivity contribution is 5.44. The number of anilines is 1. The molecule has 0 saturated heterocycles. The van der Waals surface area contributed by atoms with Gasteiger partial charge in [-0.25, -0.2) is 13.2 Å². The summed E-state index contributed by atoms with van der Waals surface area (Å²) < 4.78 is 37.2. The first-order valence-corrected chi connectivity index (χ1v) is 5.11. The molecule has 5 heteroatoms. The van der Waals surface area contributed by atoms with Crippen LogP contribution in [0, 0.1) is 17.5 Å². The minimum absolute atomic E-state index is 0.0519. The van der Waals surface area contributed by atoms with Crippen molar-refractivity contribution in [3.63, 3.8) is 0 Å². The molecule has 0 aliphatic rings. The number of phenolic OH excluding ortho intramolecular Hbond substituents is 1. The van der Waals surface area contributed by atoms with E-state index in [1.165, 1.54) is 7.05 Å². The number of hydrogen-bond acceptors (Lipinski definition) is 2. The van der Waals surface area contributed by atoms with Crippen LogP contribution < -0.4 is 5.32 Å². The number of aromatic hydroxyl groups is 1. The minimum Gasteiger partial charge on any atom is -0.508 e. The van der Waals surface area contributed by atoms with Gasteiger partial charge in [-0.2, -0.15) is 0 Å². The third-order valence-corrected chi connectivity index (χ3v) is 2.06. The number of benzene rings is 2. The van der Waals surface area contributed by atoms with Gasteiger partial charge in [-0.05, 0) is 24.3 Å². The van der Waals surface area contributed by atoms with E-state index in [-0.39, 0.29) is 5.69 Å². The molecule has 0 heterocycles. The van der Waals surface area contributed by atoms with Crippen LogP contribution in [0.3, 0.4) is 0 Å². The molecule has 2 N–H and O–H groups in total. The molecule has 2 nitrogen and oxygen atoms in total. The van der Waals surface area contributed by atoms with Crippen LogP contribution in [0.2, 0.25) is 0 Å². The molecule has 0 bridgehead atoms. The first kappa shape index (κ1) is 13.9. The van der Waals surface area contributed by atoms with Crippen molar-refractivity contribution in [1.29, 1.82) is 0 Å². The zero-order valence-corrected chi connectivity index (χ0v) is 9.62. The Labute approximate surface area is 103 Å². The lowest BCUT2D eigenvalue weighted by molar-refractivity contribution is 0.449. The number of rotatable bonds is 1. The predicted octanol–water partition coefficient (Wildman–Crippen LogP) is 3.54. The molecular weight excluding hydrogens is 243 g/mol. The van der Waals surface area contributed by atoms with Crippen molar-refractivity contribution in [1.82, 2.24) is 0 Å². The van der Waals surface area contributed by atoms with Gasteiger partial charge in [-0.15, -0.1) is 0 Å². The summed E-state index contributed by atoms with van der Waals surface area (Å²) in [7, 11) is 1.43. The predicted molar refractivity (Wildman–Crippen MR) is 64.0 cm³/mol. The third-order valence-electron chi connectivity index (χ3n) is 2.06. The molecule has 0 aromatic heterocycles. The van der Waals surface area contributed by atoms with Gasteiger partial charge in [-0.1, -0.05) is 18.2 Å². The summed E-state index contributed by atoms with van der Waals surface area (Å²) in [5, 5.41) is 11.0. The second-order valence-corrected chi connectivity index (χ2v) is 3.31. The fraction of sp³-hybridized carbons (Fsp3) is 0.0769. The second kappa shape index (κ2) is 6.54. The lowest BCUT2D eigenvalue weighted by Crippen LogP contribution is -1.97. The Bertz CT molecular complexity index is 503. The van der Waals surface area contributed by atoms with Gasteiger partial charge < -0.3 is 10.4 Å². The summed E-state index contributed by atoms with van der Waals surface area (Å²) in [4.78, 5) is 0. The monoisotopic (exact) mass is 255 g/mol. The van der Waals surface area contributed by atoms with Crippen LogP contribution in [0.1, 0.15) is 0 Å². The molecule has 0 aliphatic carbocycles. The number of para-hydroxylation sites is 1. The van der Waals surface area contributed by atoms with E-state index in [0.717, 1.165) is 12.1 Å². The second-order valence-electron chi connectivity index (χ2n) is 3.31. The molecule has 2 aromatic carbocycles. The fourth-order valence-corrected chi connectivity index (χ4v) is 1.15. The maximum Gasteiger partial charge on any atom is 0.196 e. The van der Waals surface area contributed by atoms with E-state index >= 15 is 0 Å². The molecule has 0 aliphatic heterocycles. The van der Waals surface area contributed by atoms with E-state index in [9.17, 15) is 13.2 Å². The summed E-state index contributed by atoms with van der Waals surface area (Å²) >= 11 is 0. The van der Waals surface area contributed by atoms with Crippen molar-refractivity contribution in [2.45, 2.75) is 0 Å². The molecule has 0 unspecified atom stereocenters. The van der Waals surface area contributed by atoms with Gasteiger partial charge >= 0.3 is 0 Å². The first-order chi connectivity index (χ1) is 8.56. The van der Waals surface area contributed by atoms with Crippen LogP contribution in [-0.2, 0) is 0 Å². The van der Waals surface area contributed by atoms with Crippen molar-refractivity contribution in [3.8, 4) is 5.75 Å². The highest BCUT2D eigenvalue weighted by atomic mass is 19.2. The van der Waals surface area contributed by atoms with E-state index in [4.69, 9.17) is 5.11 Å². The Hall–Kier alpha value is -2.17. The van der Waals surface area contributed by atoms with Crippen LogP contribution >= 0.6 is 0 Å². The molecule has 0 radical (unpaired) electrons. The molecule has 0 atom stereocenters. The quantitative estimate of drug-likeness (QED) is 0.764. The topological polar surface area (TPSA) is 32.3 Å². The number of halogens is 3. The van der Waals surface area contributed by atoms with Gasteiger partial charge in [0.15, 0.2) is 17.5 Å². The summed E-state index contributed by atoms with van der Waals surface area (Å²) in [5.74, 6) is -3.49. The number of phenols is 1. The van der Waals surface area contributed by atoms with E-state index in [2.05, 4.69) is 5.32 Å². The molecule has 2 rings (SSSR count). The van der Waals surface area contributed by atoms with Crippen LogP contribution in [-0.4, -0.2) is 12.2 Å². The Morgan fingerprint density at radius 2 is 1.50 bits per heavy atom. The van der Waals surface area contributed by atoms with Crippen molar-refractivity contribution >= 4 is 5.69 Å². The van der Waals surface area contributed by atoms with Gasteiger partial charge in [-0.3, -0.25) is 0 Å². The highest BCUT2D eigenvalue weighted by Crippen LogP contribution is 2.18. The fourth-order valence-electron chi connectivity index (χ4n) is 1.15. The summed E-state index contributed by atoms with van der Waals surface area (Å²) in [6.45, 7) is 0. The largest absolute Gasteiger partial charge is 0.508 e. The zero-order valence-electron chi connectivity index (χ0n) is 9.62. The van der Waals surface area contributed by atoms with Crippen molar-refractivity contribution in [2.24, 2.45) is 0 Å². The zero-order chi connectivity index (χ0) is 13.5. The lowest BCUT2D eigenvalue weighted by Gasteiger charge is -2.01. The maximum atomic E-state index is 12.6. The van der Waals surface area contributed by atoms with Gasteiger partial charge in [0.05, 0.1) is 5.69 Å². The Morgan fingerprint density at radius 3 is 1.94 bits per heavy atom. The van der Waals surface area contributed by atoms with Crippen molar-refractivity contribution < 1.29 is 18.3 Å². The van der Waals surface area contributed by atoms with Crippen LogP contribution in [0.25, 0.3) is 0 Å². The summed E-state index contributed by atoms with van der Waals surface area (Å²) in [5.41, 5.74) is -0.0519. The maximum absolute atomic E-state index is 12.6. The average Bonchev–Trinajstić information content (AvgIpc) is 2.38. The number of nitrogens with one attached hydrogen (secondary N) is 1. The molecule has 96 valence electrons. The molecule has 2 aromatic rings. The van der Waals surface area contributed by atoms with Gasteiger partial charge in [0, 0.05) is 7.05 Å². The molecule has 0 amide bonds. The smallest absolute Gasteiger partial charge is 0.196 e. The standard InChI is InChI=1S/C7H6F3N.C6H6O/c1-11-5-3-2-4(8)6(9)7(5)10;7-6-4-2-1-3-5-6/h2-3,11H,1H3;1-5,7H. The Kier molecular flexibility index (Phi) is 5.05. The summed E-state index contributed by atoms with van der Waals surface area (Å²) in [6.07, 6.45) is 0. The highest BCUT2D eigenvalue weighted by Gasteiger charge is 2.11. The van der Waals surface area contributed by atoms with Crippen LogP contribution in [0.15, 0.2) is 42.5 Å². The molecule has 0 fully saturated rings. The first-order valence-electron chi connectivity index (χ1n) is 5.11. The molecule has 0 spiro atoms. The van der Waals surface area contributed by atoms with E-state index < -0.39 is 17.5 Å². The normalized spacial score (nSPS) is 9.33. The van der Waals surface area contributed by atoms with E-state index in [1.54, 1.807) is 24.3 Å². The Morgan fingerprint density at radius 1 is 0.889 bits per heavy atom. The lowest BCUT2D eigenvalue weighted by atomic mass is 10.3. The SMILES string of the molecule is CNc1ccc(F)c(F)c1F.Oc1ccccc1. The minimum atomic E-state index is -1.45. The van der Waals surface area contributed by atoms with Gasteiger partial charge in [0.1, 0.15) is 5.75 Å². The third kappa shape index (κ3) is 3.69. The van der Waals surface area contributed by atoms with Crippen LogP contribution in [0.4, 0.5) is 18.9 Å². The molecular formula is C13H12F3NO. The average molecular weight is 255 g/mol. The van der Waals surface area contributed by atoms with Gasteiger partial charge in [0.25, 0.3) is 0 Å². The molecule has 0 saturated carbocycles. The Balaban J connectivity index is 0.000000199. The number of hydrogen-bond donors (Lipinski definition) is 2. The van der Waals surface area contributed by atoms with Crippen LogP contribution in [0.5, 0.6) is 5.75 Å². The van der Waals surface area contributed by atoms with E-state index in [1.807, 2.05) is 6.07 Å². The van der Waals surface area contributed by atoms with Gasteiger partial charge in [0.2, 0.25) is 0 Å². The van der Waals surface area contributed by atoms with E-state index in [0.29, 0.717) is 5.75 Å². The van der Waals surface area contributed by atoms with Crippen molar-refractivity contribution in [3.05, 3.63) is 59.9 Å². The van der Waals surface area contributed by atoms with Crippen molar-refractivity contribution in [2.75, 3.05) is 12.4 Å². The molecule has 18 heavy (non-hydrogen) atoms. The summed E-state index contributed by atoms with van der Waals surface area (Å²) in [6, 6.07) is 10.7.